The Balaban J connectivity index is 1.28. The molecule has 26 heavy (non-hydrogen) atoms. The number of aryl methyl sites for hydroxylation is 1. The van der Waals surface area contributed by atoms with E-state index in [4.69, 9.17) is 4.98 Å². The van der Waals surface area contributed by atoms with Crippen molar-refractivity contribution in [3.05, 3.63) is 72.7 Å². The van der Waals surface area contributed by atoms with Crippen molar-refractivity contribution >= 4 is 0 Å². The summed E-state index contributed by atoms with van der Waals surface area (Å²) in [6.45, 7) is 3.48. The van der Waals surface area contributed by atoms with Crippen LogP contribution in [0.4, 0.5) is 0 Å². The van der Waals surface area contributed by atoms with Crippen molar-refractivity contribution in [2.24, 2.45) is 0 Å². The second-order valence-electron chi connectivity index (χ2n) is 6.98. The van der Waals surface area contributed by atoms with Gasteiger partial charge in [-0.05, 0) is 50.9 Å². The lowest BCUT2D eigenvalue weighted by atomic mass is 9.93. The summed E-state index contributed by atoms with van der Waals surface area (Å²) in [5.41, 5.74) is 2.55. The van der Waals surface area contributed by atoms with Gasteiger partial charge in [-0.25, -0.2) is 9.97 Å². The molecule has 4 rings (SSSR count). The fourth-order valence-corrected chi connectivity index (χ4v) is 3.69. The largest absolute Gasteiger partial charge is 0.303 e. The minimum Gasteiger partial charge on any atom is -0.303 e. The number of hydrogen-bond donors (Lipinski definition) is 0. The molecule has 0 spiro atoms. The normalized spacial score (nSPS) is 16.0. The van der Waals surface area contributed by atoms with E-state index in [1.807, 2.05) is 17.0 Å². The van der Waals surface area contributed by atoms with Gasteiger partial charge in [-0.15, -0.1) is 0 Å². The fourth-order valence-electron chi connectivity index (χ4n) is 3.69. The van der Waals surface area contributed by atoms with E-state index in [0.29, 0.717) is 5.92 Å². The Morgan fingerprint density at radius 2 is 1.85 bits per heavy atom. The highest BCUT2D eigenvalue weighted by molar-refractivity contribution is 5.21. The van der Waals surface area contributed by atoms with Crippen LogP contribution in [0.15, 0.2) is 61.4 Å². The summed E-state index contributed by atoms with van der Waals surface area (Å²) in [6.07, 6.45) is 13.9. The third-order valence-corrected chi connectivity index (χ3v) is 5.20. The predicted molar refractivity (Wildman–Crippen MR) is 102 cm³/mol. The number of likely N-dealkylation sites (tertiary alicyclic amines) is 1. The second kappa shape index (κ2) is 8.23. The maximum absolute atomic E-state index is 4.81. The van der Waals surface area contributed by atoms with Crippen LogP contribution in [0, 0.1) is 0 Å². The van der Waals surface area contributed by atoms with Crippen LogP contribution in [0.25, 0.3) is 5.82 Å². The molecule has 0 atom stereocenters. The number of aromatic nitrogens is 4. The first kappa shape index (κ1) is 16.9. The monoisotopic (exact) mass is 347 g/mol. The molecular formula is C21H25N5. The summed E-state index contributed by atoms with van der Waals surface area (Å²) in [6, 6.07) is 10.8. The molecule has 1 aliphatic heterocycles. The molecule has 2 aromatic heterocycles. The average Bonchev–Trinajstić information content (AvgIpc) is 3.24. The van der Waals surface area contributed by atoms with Crippen molar-refractivity contribution in [1.29, 1.82) is 0 Å². The maximum Gasteiger partial charge on any atom is 0.156 e. The zero-order valence-electron chi connectivity index (χ0n) is 15.0. The van der Waals surface area contributed by atoms with E-state index in [0.717, 1.165) is 37.4 Å². The van der Waals surface area contributed by atoms with Crippen molar-refractivity contribution in [1.82, 2.24) is 24.4 Å². The van der Waals surface area contributed by atoms with Crippen LogP contribution in [0.1, 0.15) is 36.4 Å². The highest BCUT2D eigenvalue weighted by Gasteiger charge is 2.22. The first-order chi connectivity index (χ1) is 12.9. The molecule has 0 bridgehead atoms. The van der Waals surface area contributed by atoms with Crippen molar-refractivity contribution in [2.75, 3.05) is 19.6 Å². The van der Waals surface area contributed by atoms with Crippen LogP contribution >= 0.6 is 0 Å². The zero-order chi connectivity index (χ0) is 17.6. The van der Waals surface area contributed by atoms with E-state index in [2.05, 4.69) is 45.2 Å². The van der Waals surface area contributed by atoms with E-state index in [1.54, 1.807) is 18.7 Å². The van der Waals surface area contributed by atoms with Crippen molar-refractivity contribution in [3.63, 3.8) is 0 Å². The van der Waals surface area contributed by atoms with Crippen molar-refractivity contribution < 1.29 is 0 Å². The Hall–Kier alpha value is -2.53. The molecule has 0 aliphatic carbocycles. The van der Waals surface area contributed by atoms with Crippen LogP contribution in [0.5, 0.6) is 0 Å². The van der Waals surface area contributed by atoms with E-state index in [-0.39, 0.29) is 0 Å². The summed E-state index contributed by atoms with van der Waals surface area (Å²) < 4.78 is 1.91. The minimum atomic E-state index is 0.511. The van der Waals surface area contributed by atoms with Crippen LogP contribution in [-0.4, -0.2) is 44.1 Å². The lowest BCUT2D eigenvalue weighted by Gasteiger charge is -2.31. The second-order valence-corrected chi connectivity index (χ2v) is 6.98. The van der Waals surface area contributed by atoms with Crippen molar-refractivity contribution in [2.45, 2.75) is 31.6 Å². The summed E-state index contributed by atoms with van der Waals surface area (Å²) >= 11 is 0. The van der Waals surface area contributed by atoms with Gasteiger partial charge in [0, 0.05) is 24.5 Å². The molecule has 1 aromatic carbocycles. The van der Waals surface area contributed by atoms with Crippen LogP contribution in [-0.2, 0) is 6.42 Å². The average molecular weight is 347 g/mol. The Morgan fingerprint density at radius 1 is 1.00 bits per heavy atom. The maximum atomic E-state index is 4.81. The summed E-state index contributed by atoms with van der Waals surface area (Å²) in [7, 11) is 0. The molecule has 3 aromatic rings. The predicted octanol–water partition coefficient (Wildman–Crippen LogP) is 3.47. The number of hydrogen-bond acceptors (Lipinski definition) is 4. The Kier molecular flexibility index (Phi) is 5.36. The van der Waals surface area contributed by atoms with Gasteiger partial charge in [0.1, 0.15) is 6.33 Å². The summed E-state index contributed by atoms with van der Waals surface area (Å²) in [5, 5.41) is 0. The highest BCUT2D eigenvalue weighted by Crippen LogP contribution is 2.26. The van der Waals surface area contributed by atoms with Gasteiger partial charge in [0.15, 0.2) is 5.82 Å². The number of imidazole rings is 1. The van der Waals surface area contributed by atoms with Gasteiger partial charge in [-0.1, -0.05) is 30.3 Å². The van der Waals surface area contributed by atoms with E-state index in [1.165, 1.54) is 24.9 Å². The Bertz CT molecular complexity index is 792. The molecule has 0 N–H and O–H groups in total. The molecule has 0 unspecified atom stereocenters. The van der Waals surface area contributed by atoms with Crippen LogP contribution in [0.2, 0.25) is 0 Å². The van der Waals surface area contributed by atoms with Crippen molar-refractivity contribution in [3.8, 4) is 5.82 Å². The highest BCUT2D eigenvalue weighted by atomic mass is 15.1. The fraction of sp³-hybridized carbons (Fsp3) is 0.381. The van der Waals surface area contributed by atoms with E-state index in [9.17, 15) is 0 Å². The molecule has 134 valence electrons. The number of nitrogens with zero attached hydrogens (tertiary/aromatic N) is 5. The van der Waals surface area contributed by atoms with Gasteiger partial charge in [0.25, 0.3) is 0 Å². The molecule has 5 nitrogen and oxygen atoms in total. The molecule has 1 aliphatic rings. The van der Waals surface area contributed by atoms with Crippen LogP contribution in [0.3, 0.4) is 0 Å². The van der Waals surface area contributed by atoms with Gasteiger partial charge in [-0.3, -0.25) is 9.55 Å². The van der Waals surface area contributed by atoms with Gasteiger partial charge >= 0.3 is 0 Å². The summed E-state index contributed by atoms with van der Waals surface area (Å²) in [5.74, 6) is 1.36. The molecule has 0 radical (unpaired) electrons. The molecular weight excluding hydrogens is 322 g/mol. The standard InChI is InChI=1S/C21H25N5/c1-2-5-18(6-3-1)7-4-11-25-12-8-19(9-13-25)20-15-23-16-21(24-20)26-14-10-22-17-26/h1-3,5-6,10,14-17,19H,4,7-9,11-13H2. The lowest BCUT2D eigenvalue weighted by Crippen LogP contribution is -2.34. The third kappa shape index (κ3) is 4.17. The Morgan fingerprint density at radius 3 is 2.62 bits per heavy atom. The summed E-state index contributed by atoms with van der Waals surface area (Å²) in [4.78, 5) is 15.9. The van der Waals surface area contributed by atoms with E-state index < -0.39 is 0 Å². The van der Waals surface area contributed by atoms with Gasteiger partial charge < -0.3 is 4.90 Å². The SMILES string of the molecule is c1ccc(CCCN2CCC(c3cncc(-n4ccnc4)n3)CC2)cc1. The Labute approximate surface area is 154 Å². The molecule has 3 heterocycles. The first-order valence-corrected chi connectivity index (χ1v) is 9.45. The van der Waals surface area contributed by atoms with Gasteiger partial charge in [-0.2, -0.15) is 0 Å². The van der Waals surface area contributed by atoms with Gasteiger partial charge in [0.05, 0.1) is 11.9 Å². The molecule has 0 amide bonds. The molecule has 1 saturated heterocycles. The molecule has 5 heteroatoms. The number of rotatable bonds is 6. The van der Waals surface area contributed by atoms with Crippen LogP contribution < -0.4 is 0 Å². The number of benzene rings is 1. The smallest absolute Gasteiger partial charge is 0.156 e. The molecule has 1 fully saturated rings. The van der Waals surface area contributed by atoms with E-state index >= 15 is 0 Å². The lowest BCUT2D eigenvalue weighted by molar-refractivity contribution is 0.208. The van der Waals surface area contributed by atoms with Gasteiger partial charge in [0.2, 0.25) is 0 Å². The third-order valence-electron chi connectivity index (χ3n) is 5.20. The topological polar surface area (TPSA) is 46.8 Å². The zero-order valence-corrected chi connectivity index (χ0v) is 15.0. The quantitative estimate of drug-likeness (QED) is 0.685. The minimum absolute atomic E-state index is 0.511. The molecule has 0 saturated carbocycles. The number of piperidine rings is 1. The first-order valence-electron chi connectivity index (χ1n) is 9.45.